The number of quaternary nitrogens is 1. The van der Waals surface area contributed by atoms with Crippen molar-refractivity contribution in [2.45, 2.75) is 57.0 Å². The highest BCUT2D eigenvalue weighted by Gasteiger charge is 2.54. The van der Waals surface area contributed by atoms with Crippen LogP contribution in [-0.4, -0.2) is 110 Å². The summed E-state index contributed by atoms with van der Waals surface area (Å²) in [6, 6.07) is 6.20. The second kappa shape index (κ2) is 10.5. The number of nitrogens with one attached hydrogen (secondary N) is 2. The number of hydrogen-bond acceptors (Lipinski definition) is 7. The summed E-state index contributed by atoms with van der Waals surface area (Å²) >= 11 is 0. The molecule has 1 aliphatic carbocycles. The van der Waals surface area contributed by atoms with E-state index in [1.807, 2.05) is 30.1 Å². The van der Waals surface area contributed by atoms with Crippen LogP contribution in [0.25, 0.3) is 0 Å². The second-order valence-corrected chi connectivity index (χ2v) is 11.9. The number of likely N-dealkylation sites (N-methyl/N-ethyl adjacent to an activating group) is 2. The smallest absolute Gasteiger partial charge is 0.309 e. The van der Waals surface area contributed by atoms with Gasteiger partial charge in [0.05, 0.1) is 12.8 Å². The van der Waals surface area contributed by atoms with Crippen molar-refractivity contribution in [2.75, 3.05) is 65.8 Å². The number of hydrogen-bond donors (Lipinski definition) is 2. The molecule has 1 atom stereocenters. The molecule has 2 saturated heterocycles. The Morgan fingerprint density at radius 3 is 2.62 bits per heavy atom. The molecule has 0 radical (unpaired) electrons. The van der Waals surface area contributed by atoms with Gasteiger partial charge < -0.3 is 24.8 Å². The normalized spacial score (nSPS) is 25.4. The molecule has 0 bridgehead atoms. The predicted octanol–water partition coefficient (Wildman–Crippen LogP) is 2.41. The number of guanidine groups is 1. The highest BCUT2D eigenvalue weighted by Crippen LogP contribution is 2.39. The molecule has 10 heteroatoms. The van der Waals surface area contributed by atoms with Crippen LogP contribution in [0.4, 0.5) is 5.69 Å². The van der Waals surface area contributed by atoms with Gasteiger partial charge in [-0.05, 0) is 57.5 Å². The maximum atomic E-state index is 13.0. The summed E-state index contributed by atoms with van der Waals surface area (Å²) < 4.78 is 6.45. The van der Waals surface area contributed by atoms with E-state index < -0.39 is 0 Å². The fourth-order valence-electron chi connectivity index (χ4n) is 6.65. The molecule has 2 N–H and O–H groups in total. The van der Waals surface area contributed by atoms with Crippen LogP contribution in [0.2, 0.25) is 0 Å². The molecule has 1 saturated carbocycles. The molecule has 1 aromatic carbocycles. The molecule has 5 aliphatic rings. The molecular weight excluding hydrogens is 494 g/mol. The number of carbonyl (C=O) groups is 2. The van der Waals surface area contributed by atoms with Crippen molar-refractivity contribution in [3.63, 3.8) is 0 Å². The molecule has 1 unspecified atom stereocenters. The van der Waals surface area contributed by atoms with Crippen LogP contribution >= 0.6 is 0 Å². The first kappa shape index (κ1) is 26.1. The lowest BCUT2D eigenvalue weighted by atomic mass is 10.1. The summed E-state index contributed by atoms with van der Waals surface area (Å²) in [6.45, 7) is 5.38. The van der Waals surface area contributed by atoms with Crippen molar-refractivity contribution in [1.82, 2.24) is 20.0 Å². The van der Waals surface area contributed by atoms with E-state index in [9.17, 15) is 9.59 Å². The van der Waals surface area contributed by atoms with Gasteiger partial charge in [-0.3, -0.25) is 14.9 Å². The third-order valence-corrected chi connectivity index (χ3v) is 9.19. The molecule has 210 valence electrons. The SMILES string of the molecule is COc1cc(C(=O)NC2CCCN(C)C2)ccc1NC1=NC2=C(C[N+]13CC3)N(C)C(=O)CCN2C1CCCC1. The molecule has 39 heavy (non-hydrogen) atoms. The molecule has 1 spiro atoms. The van der Waals surface area contributed by atoms with Crippen LogP contribution in [-0.2, 0) is 4.79 Å². The fourth-order valence-corrected chi connectivity index (χ4v) is 6.65. The zero-order valence-corrected chi connectivity index (χ0v) is 23.5. The van der Waals surface area contributed by atoms with Gasteiger partial charge in [-0.1, -0.05) is 12.8 Å². The minimum Gasteiger partial charge on any atom is -0.495 e. The molecule has 1 aromatic rings. The molecule has 0 aromatic heterocycles. The molecular formula is C29H42N7O3+. The van der Waals surface area contributed by atoms with E-state index in [2.05, 4.69) is 27.5 Å². The summed E-state index contributed by atoms with van der Waals surface area (Å²) in [4.78, 5) is 37.7. The minimum atomic E-state index is -0.0715. The Labute approximate surface area is 231 Å². The van der Waals surface area contributed by atoms with Crippen LogP contribution in [0.5, 0.6) is 5.75 Å². The third-order valence-electron chi connectivity index (χ3n) is 9.19. The zero-order chi connectivity index (χ0) is 27.1. The average molecular weight is 537 g/mol. The first-order valence-electron chi connectivity index (χ1n) is 14.5. The van der Waals surface area contributed by atoms with Crippen molar-refractivity contribution in [1.29, 1.82) is 0 Å². The van der Waals surface area contributed by atoms with Crippen molar-refractivity contribution in [3.8, 4) is 5.75 Å². The van der Waals surface area contributed by atoms with Gasteiger partial charge in [-0.15, -0.1) is 0 Å². The quantitative estimate of drug-likeness (QED) is 0.444. The lowest BCUT2D eigenvalue weighted by Gasteiger charge is -2.35. The summed E-state index contributed by atoms with van der Waals surface area (Å²) in [7, 11) is 5.64. The number of nitrogens with zero attached hydrogens (tertiary/aromatic N) is 5. The van der Waals surface area contributed by atoms with E-state index >= 15 is 0 Å². The van der Waals surface area contributed by atoms with Crippen LogP contribution in [0.3, 0.4) is 0 Å². The largest absolute Gasteiger partial charge is 0.495 e. The maximum absolute atomic E-state index is 13.0. The highest BCUT2D eigenvalue weighted by molar-refractivity contribution is 5.97. The van der Waals surface area contributed by atoms with Gasteiger partial charge in [0, 0.05) is 44.2 Å². The zero-order valence-electron chi connectivity index (χ0n) is 23.5. The Kier molecular flexibility index (Phi) is 7.01. The lowest BCUT2D eigenvalue weighted by molar-refractivity contribution is -0.696. The van der Waals surface area contributed by atoms with Gasteiger partial charge >= 0.3 is 5.96 Å². The summed E-state index contributed by atoms with van der Waals surface area (Å²) in [5, 5.41) is 6.78. The number of rotatable bonds is 5. The number of piperidine rings is 1. The van der Waals surface area contributed by atoms with Crippen molar-refractivity contribution < 1.29 is 18.8 Å². The van der Waals surface area contributed by atoms with Crippen molar-refractivity contribution in [3.05, 3.63) is 35.3 Å². The first-order chi connectivity index (χ1) is 18.9. The van der Waals surface area contributed by atoms with E-state index in [0.29, 0.717) is 34.8 Å². The van der Waals surface area contributed by atoms with Gasteiger partial charge in [-0.2, -0.15) is 4.99 Å². The Hall–Kier alpha value is -3.11. The maximum Gasteiger partial charge on any atom is 0.309 e. The van der Waals surface area contributed by atoms with Gasteiger partial charge in [-0.25, -0.2) is 4.48 Å². The lowest BCUT2D eigenvalue weighted by Crippen LogP contribution is -2.48. The summed E-state index contributed by atoms with van der Waals surface area (Å²) in [6.07, 6.45) is 7.39. The summed E-state index contributed by atoms with van der Waals surface area (Å²) in [5.41, 5.74) is 2.43. The van der Waals surface area contributed by atoms with E-state index in [1.165, 1.54) is 12.8 Å². The van der Waals surface area contributed by atoms with E-state index in [4.69, 9.17) is 9.73 Å². The second-order valence-electron chi connectivity index (χ2n) is 11.9. The van der Waals surface area contributed by atoms with Crippen LogP contribution in [0.15, 0.2) is 34.7 Å². The van der Waals surface area contributed by atoms with Gasteiger partial charge in [0.1, 0.15) is 31.1 Å². The third kappa shape index (κ3) is 5.12. The number of amides is 2. The molecule has 4 aliphatic heterocycles. The fraction of sp³-hybridized carbons (Fsp3) is 0.621. The van der Waals surface area contributed by atoms with Gasteiger partial charge in [0.25, 0.3) is 5.91 Å². The van der Waals surface area contributed by atoms with Crippen LogP contribution in [0.1, 0.15) is 55.3 Å². The Bertz CT molecular complexity index is 1200. The number of aliphatic imine (C=N–C) groups is 1. The monoisotopic (exact) mass is 536 g/mol. The van der Waals surface area contributed by atoms with Gasteiger partial charge in [0.2, 0.25) is 5.91 Å². The van der Waals surface area contributed by atoms with Crippen LogP contribution in [0, 0.1) is 0 Å². The predicted molar refractivity (Wildman–Crippen MR) is 150 cm³/mol. The number of carbonyl (C=O) groups excluding carboxylic acids is 2. The molecule has 10 nitrogen and oxygen atoms in total. The number of benzene rings is 1. The average Bonchev–Trinajstić information content (AvgIpc) is 3.52. The minimum absolute atomic E-state index is 0.0715. The van der Waals surface area contributed by atoms with Gasteiger partial charge in [0.15, 0.2) is 5.82 Å². The number of methoxy groups -OCH3 is 1. The molecule has 4 heterocycles. The number of likely N-dealkylation sites (tertiary alicyclic amines) is 1. The molecule has 3 fully saturated rings. The van der Waals surface area contributed by atoms with E-state index in [-0.39, 0.29) is 17.9 Å². The number of ether oxygens (including phenoxy) is 1. The highest BCUT2D eigenvalue weighted by atomic mass is 16.5. The van der Waals surface area contributed by atoms with Crippen LogP contribution < -0.4 is 15.4 Å². The molecule has 6 rings (SSSR count). The van der Waals surface area contributed by atoms with E-state index in [0.717, 1.165) is 81.6 Å². The van der Waals surface area contributed by atoms with Crippen molar-refractivity contribution >= 4 is 23.5 Å². The first-order valence-corrected chi connectivity index (χ1v) is 14.5. The van der Waals surface area contributed by atoms with E-state index in [1.54, 1.807) is 7.11 Å². The molecule has 2 amide bonds. The Balaban J connectivity index is 1.26. The Morgan fingerprint density at radius 1 is 1.10 bits per heavy atom. The standard InChI is InChI=1S/C29H41N7O3/c1-33-13-6-7-21(18-33)30-28(38)20-10-11-23(25(17-20)39-3)31-29-32-27-24(19-36(29)15-16-36)34(2)26(37)12-14-35(27)22-8-4-5-9-22/h10-11,17,21-22H,4-9,12-16,18-19H2,1-3H3,(H-,30,31,32,38)/p+1. The summed E-state index contributed by atoms with van der Waals surface area (Å²) in [5.74, 6) is 2.55. The number of anilines is 1. The topological polar surface area (TPSA) is 89.5 Å². The Morgan fingerprint density at radius 2 is 1.90 bits per heavy atom. The van der Waals surface area contributed by atoms with Crippen molar-refractivity contribution in [2.24, 2.45) is 4.99 Å².